The molecule has 1 fully saturated rings. The third kappa shape index (κ3) is 7.92. The van der Waals surface area contributed by atoms with Crippen molar-refractivity contribution in [1.29, 1.82) is 0 Å². The van der Waals surface area contributed by atoms with Crippen LogP contribution >= 0.6 is 0 Å². The van der Waals surface area contributed by atoms with E-state index in [1.165, 1.54) is 29.5 Å². The van der Waals surface area contributed by atoms with Gasteiger partial charge in [0.25, 0.3) is 5.56 Å². The molecule has 0 saturated carbocycles. The summed E-state index contributed by atoms with van der Waals surface area (Å²) in [6, 6.07) is 23.6. The highest BCUT2D eigenvalue weighted by Crippen LogP contribution is 2.34. The first kappa shape index (κ1) is 26.9. The van der Waals surface area contributed by atoms with E-state index in [1.807, 2.05) is 12.1 Å². The van der Waals surface area contributed by atoms with Crippen LogP contribution in [0.2, 0.25) is 0 Å². The van der Waals surface area contributed by atoms with E-state index in [2.05, 4.69) is 71.4 Å². The Bertz CT molecular complexity index is 1170. The number of aromatic nitrogens is 1. The molecule has 4 rings (SSSR count). The van der Waals surface area contributed by atoms with Gasteiger partial charge in [-0.25, -0.2) is 9.59 Å². The number of nitrogens with one attached hydrogen (secondary N) is 1. The first-order valence-electron chi connectivity index (χ1n) is 12.3. The summed E-state index contributed by atoms with van der Waals surface area (Å²) in [6.07, 6.45) is 6.28. The van der Waals surface area contributed by atoms with Gasteiger partial charge in [0.15, 0.2) is 0 Å². The number of rotatable bonds is 7. The predicted octanol–water partition coefficient (Wildman–Crippen LogP) is 4.33. The summed E-state index contributed by atoms with van der Waals surface area (Å²) < 4.78 is 0. The zero-order chi connectivity index (χ0) is 25.9. The number of aromatic amines is 1. The van der Waals surface area contributed by atoms with Crippen LogP contribution in [0.25, 0.3) is 0 Å². The van der Waals surface area contributed by atoms with Crippen LogP contribution in [0.3, 0.4) is 0 Å². The van der Waals surface area contributed by atoms with Crippen LogP contribution in [0.15, 0.2) is 77.7 Å². The lowest BCUT2D eigenvalue weighted by Gasteiger charge is -2.35. The van der Waals surface area contributed by atoms with E-state index in [0.29, 0.717) is 11.8 Å². The van der Waals surface area contributed by atoms with E-state index < -0.39 is 11.9 Å². The van der Waals surface area contributed by atoms with Crippen LogP contribution < -0.4 is 5.56 Å². The van der Waals surface area contributed by atoms with Crippen LogP contribution in [0.1, 0.15) is 47.9 Å². The van der Waals surface area contributed by atoms with Crippen LogP contribution in [-0.4, -0.2) is 45.1 Å². The van der Waals surface area contributed by atoms with Gasteiger partial charge in [0.05, 0.1) is 0 Å². The molecule has 1 saturated heterocycles. The summed E-state index contributed by atoms with van der Waals surface area (Å²) in [5.41, 5.74) is 5.33. The Labute approximate surface area is 211 Å². The number of piperidine rings is 1. The molecule has 3 N–H and O–H groups in total. The molecule has 190 valence electrons. The molecule has 0 amide bonds. The minimum Gasteiger partial charge on any atom is -0.473 e. The highest BCUT2D eigenvalue weighted by molar-refractivity contribution is 6.27. The van der Waals surface area contributed by atoms with Crippen molar-refractivity contribution in [3.05, 3.63) is 106 Å². The Morgan fingerprint density at radius 1 is 0.889 bits per heavy atom. The van der Waals surface area contributed by atoms with Crippen molar-refractivity contribution < 1.29 is 19.8 Å². The van der Waals surface area contributed by atoms with Crippen LogP contribution in [0.4, 0.5) is 0 Å². The smallest absolute Gasteiger partial charge is 0.414 e. The van der Waals surface area contributed by atoms with Crippen molar-refractivity contribution in [3.63, 3.8) is 0 Å². The number of carbonyl (C=O) groups is 2. The number of likely N-dealkylation sites (tertiary alicyclic amines) is 1. The van der Waals surface area contributed by atoms with Crippen molar-refractivity contribution >= 4 is 11.9 Å². The van der Waals surface area contributed by atoms with Crippen LogP contribution in [-0.2, 0) is 29.0 Å². The van der Waals surface area contributed by atoms with Gasteiger partial charge in [-0.05, 0) is 73.4 Å². The first-order chi connectivity index (χ1) is 17.3. The zero-order valence-corrected chi connectivity index (χ0v) is 20.6. The molecule has 36 heavy (non-hydrogen) atoms. The lowest BCUT2D eigenvalue weighted by molar-refractivity contribution is -0.159. The maximum atomic E-state index is 12.0. The fourth-order valence-electron chi connectivity index (χ4n) is 4.82. The molecule has 0 aliphatic carbocycles. The van der Waals surface area contributed by atoms with E-state index in [9.17, 15) is 4.79 Å². The van der Waals surface area contributed by atoms with Crippen molar-refractivity contribution in [2.24, 2.45) is 5.92 Å². The largest absolute Gasteiger partial charge is 0.473 e. The van der Waals surface area contributed by atoms with Crippen LogP contribution in [0, 0.1) is 5.92 Å². The van der Waals surface area contributed by atoms with Crippen molar-refractivity contribution in [2.75, 3.05) is 13.1 Å². The molecule has 3 aromatic rings. The monoisotopic (exact) mass is 490 g/mol. The minimum absolute atomic E-state index is 0.0420. The number of nitrogens with zero attached hydrogens (tertiary/aromatic N) is 1. The van der Waals surface area contributed by atoms with Gasteiger partial charge in [-0.1, -0.05) is 67.6 Å². The third-order valence-electron chi connectivity index (χ3n) is 6.89. The molecule has 7 heteroatoms. The average Bonchev–Trinajstić information content (AvgIpc) is 2.90. The van der Waals surface area contributed by atoms with Gasteiger partial charge in [0.2, 0.25) is 0 Å². The highest BCUT2D eigenvalue weighted by atomic mass is 16.4. The number of hydrogen-bond donors (Lipinski definition) is 3. The van der Waals surface area contributed by atoms with Gasteiger partial charge >= 0.3 is 11.9 Å². The Balaban J connectivity index is 0.000000538. The summed E-state index contributed by atoms with van der Waals surface area (Å²) >= 11 is 0. The average molecular weight is 491 g/mol. The van der Waals surface area contributed by atoms with Crippen molar-refractivity contribution in [3.8, 4) is 0 Å². The van der Waals surface area contributed by atoms with Crippen molar-refractivity contribution in [1.82, 2.24) is 9.88 Å². The van der Waals surface area contributed by atoms with Gasteiger partial charge in [0, 0.05) is 18.3 Å². The Kier molecular flexibility index (Phi) is 10.0. The van der Waals surface area contributed by atoms with Gasteiger partial charge in [-0.3, -0.25) is 9.69 Å². The Hall–Kier alpha value is -3.71. The summed E-state index contributed by atoms with van der Waals surface area (Å²) in [7, 11) is 0. The number of aryl methyl sites for hydroxylation is 2. The summed E-state index contributed by atoms with van der Waals surface area (Å²) in [5.74, 6) is -2.38. The quantitative estimate of drug-likeness (QED) is 0.425. The minimum atomic E-state index is -1.82. The molecule has 0 radical (unpaired) electrons. The second-order valence-electron chi connectivity index (χ2n) is 9.22. The molecule has 2 aromatic carbocycles. The number of carboxylic acids is 2. The van der Waals surface area contributed by atoms with Gasteiger partial charge < -0.3 is 15.2 Å². The van der Waals surface area contributed by atoms with E-state index in [4.69, 9.17) is 19.8 Å². The molecule has 0 bridgehead atoms. The molecule has 7 nitrogen and oxygen atoms in total. The number of benzene rings is 2. The summed E-state index contributed by atoms with van der Waals surface area (Å²) in [5, 5.41) is 14.8. The molecular weight excluding hydrogens is 456 g/mol. The van der Waals surface area contributed by atoms with Crippen LogP contribution in [0.5, 0.6) is 0 Å². The topological polar surface area (TPSA) is 111 Å². The Morgan fingerprint density at radius 3 is 2.14 bits per heavy atom. The number of aliphatic carboxylic acids is 2. The molecule has 1 aliphatic heterocycles. The number of H-pyrrole nitrogens is 1. The van der Waals surface area contributed by atoms with E-state index >= 15 is 0 Å². The number of hydrogen-bond acceptors (Lipinski definition) is 4. The molecule has 1 aliphatic rings. The predicted molar refractivity (Wildman–Crippen MR) is 139 cm³/mol. The lowest BCUT2D eigenvalue weighted by atomic mass is 9.79. The molecule has 1 unspecified atom stereocenters. The first-order valence-corrected chi connectivity index (χ1v) is 12.3. The second-order valence-corrected chi connectivity index (χ2v) is 9.22. The lowest BCUT2D eigenvalue weighted by Crippen LogP contribution is -2.36. The standard InChI is InChI=1S/C27H32N2O.C2H2O4/c1-21(23-15-18-29(19-16-23)20-25-11-7-17-28-27(25)30)26-12-6-5-10-24(26)14-13-22-8-3-2-4-9-22;3-1(4)2(5)6/h2-12,17,21,23H,13-16,18-20H2,1H3,(H,28,30);(H,3,4)(H,5,6). The Morgan fingerprint density at radius 2 is 1.50 bits per heavy atom. The van der Waals surface area contributed by atoms with Crippen molar-refractivity contribution in [2.45, 2.75) is 45.1 Å². The van der Waals surface area contributed by atoms with Gasteiger partial charge in [-0.2, -0.15) is 0 Å². The summed E-state index contributed by atoms with van der Waals surface area (Å²) in [6.45, 7) is 5.29. The van der Waals surface area contributed by atoms with Gasteiger partial charge in [0.1, 0.15) is 0 Å². The summed E-state index contributed by atoms with van der Waals surface area (Å²) in [4.78, 5) is 35.4. The number of pyridine rings is 1. The normalized spacial score (nSPS) is 14.9. The van der Waals surface area contributed by atoms with E-state index in [0.717, 1.165) is 38.0 Å². The molecular formula is C29H34N2O5. The third-order valence-corrected chi connectivity index (χ3v) is 6.89. The second kappa shape index (κ2) is 13.4. The molecule has 1 aromatic heterocycles. The van der Waals surface area contributed by atoms with E-state index in [1.54, 1.807) is 6.20 Å². The molecule has 2 heterocycles. The maximum absolute atomic E-state index is 12.0. The SMILES string of the molecule is CC(c1ccccc1CCc1ccccc1)C1CCN(Cc2ccc[nH]c2=O)CC1.O=C(O)C(=O)O. The molecule has 0 spiro atoms. The zero-order valence-electron chi connectivity index (χ0n) is 20.6. The maximum Gasteiger partial charge on any atom is 0.414 e. The van der Waals surface area contributed by atoms with E-state index in [-0.39, 0.29) is 5.56 Å². The fourth-order valence-corrected chi connectivity index (χ4v) is 4.82. The highest BCUT2D eigenvalue weighted by Gasteiger charge is 2.26. The number of carboxylic acid groups (broad SMARTS) is 2. The fraction of sp³-hybridized carbons (Fsp3) is 0.345. The van der Waals surface area contributed by atoms with Gasteiger partial charge in [-0.15, -0.1) is 0 Å². The molecule has 1 atom stereocenters.